The van der Waals surface area contributed by atoms with Crippen molar-refractivity contribution in [2.45, 2.75) is 64.1 Å². The molecule has 202 valence electrons. The fourth-order valence-corrected chi connectivity index (χ4v) is 5.84. The smallest absolute Gasteiger partial charge is 0.244 e. The van der Waals surface area contributed by atoms with Crippen molar-refractivity contribution in [3.63, 3.8) is 0 Å². The topological polar surface area (TPSA) is 86.8 Å². The van der Waals surface area contributed by atoms with Gasteiger partial charge in [0.05, 0.1) is 11.9 Å². The number of amides is 2. The standard InChI is InChI=1S/C26H32Cl2FN3O4S/c1-3-24(26(34)30-21-7-5-4-6-8-21)31(16-18-9-10-19(27)15-23(18)28)25(33)17-32(37(2,35)36)22-13-11-20(29)12-14-22/h9-15,21,24H,3-8,16-17H2,1-2H3,(H,30,34)/t24-/m1/s1. The minimum absolute atomic E-state index is 0.0214. The third kappa shape index (κ3) is 8.06. The Morgan fingerprint density at radius 1 is 1.08 bits per heavy atom. The summed E-state index contributed by atoms with van der Waals surface area (Å²) in [5.74, 6) is -1.42. The van der Waals surface area contributed by atoms with Crippen LogP contribution >= 0.6 is 23.2 Å². The maximum atomic E-state index is 13.7. The molecule has 2 aromatic rings. The number of nitrogens with zero attached hydrogens (tertiary/aromatic N) is 2. The van der Waals surface area contributed by atoms with Gasteiger partial charge in [0.1, 0.15) is 18.4 Å². The summed E-state index contributed by atoms with van der Waals surface area (Å²) in [6.07, 6.45) is 6.24. The average molecular weight is 573 g/mol. The van der Waals surface area contributed by atoms with Gasteiger partial charge in [0, 0.05) is 22.6 Å². The van der Waals surface area contributed by atoms with Gasteiger partial charge in [0.2, 0.25) is 21.8 Å². The second-order valence-corrected chi connectivity index (χ2v) is 12.0. The predicted molar refractivity (Wildman–Crippen MR) is 145 cm³/mol. The Morgan fingerprint density at radius 2 is 1.73 bits per heavy atom. The summed E-state index contributed by atoms with van der Waals surface area (Å²) in [7, 11) is -3.90. The number of halogens is 3. The van der Waals surface area contributed by atoms with E-state index in [9.17, 15) is 22.4 Å². The number of sulfonamides is 1. The first-order valence-electron chi connectivity index (χ1n) is 12.3. The normalized spacial score (nSPS) is 15.2. The Balaban J connectivity index is 1.93. The highest BCUT2D eigenvalue weighted by atomic mass is 35.5. The fraction of sp³-hybridized carbons (Fsp3) is 0.462. The molecule has 0 saturated heterocycles. The first-order chi connectivity index (χ1) is 17.5. The fourth-order valence-electron chi connectivity index (χ4n) is 4.52. The molecule has 7 nitrogen and oxygen atoms in total. The van der Waals surface area contributed by atoms with Crippen LogP contribution in [0.15, 0.2) is 42.5 Å². The molecular formula is C26H32Cl2FN3O4S. The zero-order valence-electron chi connectivity index (χ0n) is 20.9. The number of carbonyl (C=O) groups is 2. The summed E-state index contributed by atoms with van der Waals surface area (Å²) in [6.45, 7) is 1.21. The molecule has 2 amide bonds. The zero-order chi connectivity index (χ0) is 27.2. The van der Waals surface area contributed by atoms with Crippen LogP contribution in [0.4, 0.5) is 10.1 Å². The van der Waals surface area contributed by atoms with Crippen molar-refractivity contribution < 1.29 is 22.4 Å². The summed E-state index contributed by atoms with van der Waals surface area (Å²) in [4.78, 5) is 28.4. The van der Waals surface area contributed by atoms with Crippen LogP contribution in [-0.2, 0) is 26.2 Å². The Hall–Kier alpha value is -2.36. The number of nitrogens with one attached hydrogen (secondary N) is 1. The van der Waals surface area contributed by atoms with Crippen LogP contribution in [0.25, 0.3) is 0 Å². The molecule has 0 aliphatic heterocycles. The van der Waals surface area contributed by atoms with E-state index in [1.165, 1.54) is 17.0 Å². The summed E-state index contributed by atoms with van der Waals surface area (Å²) >= 11 is 12.4. The van der Waals surface area contributed by atoms with E-state index in [0.29, 0.717) is 22.0 Å². The second kappa shape index (κ2) is 12.9. The van der Waals surface area contributed by atoms with Crippen molar-refractivity contribution in [2.75, 3.05) is 17.1 Å². The number of hydrogen-bond acceptors (Lipinski definition) is 4. The van der Waals surface area contributed by atoms with Crippen LogP contribution in [0.3, 0.4) is 0 Å². The van der Waals surface area contributed by atoms with Gasteiger partial charge in [0.15, 0.2) is 0 Å². The van der Waals surface area contributed by atoms with Gasteiger partial charge >= 0.3 is 0 Å². The molecule has 0 bridgehead atoms. The molecule has 1 saturated carbocycles. The van der Waals surface area contributed by atoms with Gasteiger partial charge in [0.25, 0.3) is 0 Å². The SMILES string of the molecule is CC[C@H](C(=O)NC1CCCCC1)N(Cc1ccc(Cl)cc1Cl)C(=O)CN(c1ccc(F)cc1)S(C)(=O)=O. The molecule has 0 heterocycles. The van der Waals surface area contributed by atoms with E-state index in [4.69, 9.17) is 23.2 Å². The largest absolute Gasteiger partial charge is 0.352 e. The molecule has 1 aliphatic carbocycles. The van der Waals surface area contributed by atoms with Crippen molar-refractivity contribution in [3.8, 4) is 0 Å². The lowest BCUT2D eigenvalue weighted by Gasteiger charge is -2.34. The molecule has 2 aromatic carbocycles. The summed E-state index contributed by atoms with van der Waals surface area (Å²) in [5.41, 5.74) is 0.706. The molecule has 37 heavy (non-hydrogen) atoms. The lowest BCUT2D eigenvalue weighted by Crippen LogP contribution is -2.54. The van der Waals surface area contributed by atoms with E-state index in [2.05, 4.69) is 5.32 Å². The highest BCUT2D eigenvalue weighted by Gasteiger charge is 2.33. The molecule has 1 aliphatic rings. The number of anilines is 1. The minimum atomic E-state index is -3.90. The maximum Gasteiger partial charge on any atom is 0.244 e. The minimum Gasteiger partial charge on any atom is -0.352 e. The van der Waals surface area contributed by atoms with Crippen molar-refractivity contribution >= 4 is 50.7 Å². The van der Waals surface area contributed by atoms with Gasteiger partial charge in [-0.3, -0.25) is 13.9 Å². The first-order valence-corrected chi connectivity index (χ1v) is 14.9. The van der Waals surface area contributed by atoms with Gasteiger partial charge in [-0.25, -0.2) is 12.8 Å². The average Bonchev–Trinajstić information content (AvgIpc) is 2.84. The third-order valence-corrected chi connectivity index (χ3v) is 8.21. The van der Waals surface area contributed by atoms with E-state index < -0.39 is 34.3 Å². The number of carbonyl (C=O) groups excluding carboxylic acids is 2. The first kappa shape index (κ1) is 29.2. The van der Waals surface area contributed by atoms with E-state index in [1.54, 1.807) is 25.1 Å². The van der Waals surface area contributed by atoms with Crippen LogP contribution in [0.1, 0.15) is 51.0 Å². The van der Waals surface area contributed by atoms with Crippen molar-refractivity contribution in [1.82, 2.24) is 10.2 Å². The molecule has 11 heteroatoms. The number of hydrogen-bond donors (Lipinski definition) is 1. The molecule has 3 rings (SSSR count). The maximum absolute atomic E-state index is 13.7. The predicted octanol–water partition coefficient (Wildman–Crippen LogP) is 5.15. The molecule has 0 unspecified atom stereocenters. The van der Waals surface area contributed by atoms with Crippen LogP contribution in [0.5, 0.6) is 0 Å². The lowest BCUT2D eigenvalue weighted by atomic mass is 9.95. The molecule has 1 atom stereocenters. The van der Waals surface area contributed by atoms with Gasteiger partial charge < -0.3 is 10.2 Å². The van der Waals surface area contributed by atoms with Crippen molar-refractivity contribution in [2.24, 2.45) is 0 Å². The lowest BCUT2D eigenvalue weighted by molar-refractivity contribution is -0.140. The van der Waals surface area contributed by atoms with E-state index in [0.717, 1.165) is 54.8 Å². The molecule has 0 aromatic heterocycles. The van der Waals surface area contributed by atoms with Crippen LogP contribution in [0, 0.1) is 5.82 Å². The van der Waals surface area contributed by atoms with Crippen LogP contribution < -0.4 is 9.62 Å². The molecule has 0 radical (unpaired) electrons. The van der Waals surface area contributed by atoms with E-state index in [-0.39, 0.29) is 24.2 Å². The Morgan fingerprint density at radius 3 is 2.30 bits per heavy atom. The summed E-state index contributed by atoms with van der Waals surface area (Å²) in [6, 6.07) is 8.86. The molecular weight excluding hydrogens is 540 g/mol. The van der Waals surface area contributed by atoms with Crippen LogP contribution in [-0.4, -0.2) is 50.0 Å². The highest BCUT2D eigenvalue weighted by molar-refractivity contribution is 7.92. The molecule has 1 fully saturated rings. The number of benzene rings is 2. The second-order valence-electron chi connectivity index (χ2n) is 9.27. The van der Waals surface area contributed by atoms with Gasteiger partial charge in [-0.15, -0.1) is 0 Å². The third-order valence-electron chi connectivity index (χ3n) is 6.49. The Kier molecular flexibility index (Phi) is 10.2. The summed E-state index contributed by atoms with van der Waals surface area (Å²) in [5, 5.41) is 3.83. The van der Waals surface area contributed by atoms with Crippen molar-refractivity contribution in [3.05, 3.63) is 63.9 Å². The molecule has 1 N–H and O–H groups in total. The van der Waals surface area contributed by atoms with Gasteiger partial charge in [-0.2, -0.15) is 0 Å². The highest BCUT2D eigenvalue weighted by Crippen LogP contribution is 2.25. The Labute approximate surface area is 228 Å². The quantitative estimate of drug-likeness (QED) is 0.427. The molecule has 0 spiro atoms. The summed E-state index contributed by atoms with van der Waals surface area (Å²) < 4.78 is 39.6. The van der Waals surface area contributed by atoms with E-state index >= 15 is 0 Å². The van der Waals surface area contributed by atoms with Crippen LogP contribution in [0.2, 0.25) is 10.0 Å². The van der Waals surface area contributed by atoms with Gasteiger partial charge in [-0.1, -0.05) is 55.5 Å². The Bertz CT molecular complexity index is 1200. The van der Waals surface area contributed by atoms with Gasteiger partial charge in [-0.05, 0) is 61.2 Å². The number of rotatable bonds is 10. The van der Waals surface area contributed by atoms with E-state index in [1.807, 2.05) is 0 Å². The monoisotopic (exact) mass is 571 g/mol. The zero-order valence-corrected chi connectivity index (χ0v) is 23.3. The van der Waals surface area contributed by atoms with Crippen molar-refractivity contribution in [1.29, 1.82) is 0 Å².